The topological polar surface area (TPSA) is 59.1 Å². The SMILES string of the molecule is Cc1ccccc1S(=O)(=O)N[C@@H](C)c1ccccn1. The van der Waals surface area contributed by atoms with E-state index in [0.717, 1.165) is 5.56 Å². The van der Waals surface area contributed by atoms with Crippen molar-refractivity contribution in [3.8, 4) is 0 Å². The van der Waals surface area contributed by atoms with Crippen LogP contribution in [0.1, 0.15) is 24.2 Å². The van der Waals surface area contributed by atoms with Crippen molar-refractivity contribution in [2.24, 2.45) is 0 Å². The van der Waals surface area contributed by atoms with Crippen LogP contribution in [0.25, 0.3) is 0 Å². The van der Waals surface area contributed by atoms with E-state index >= 15 is 0 Å². The highest BCUT2D eigenvalue weighted by molar-refractivity contribution is 7.89. The highest BCUT2D eigenvalue weighted by atomic mass is 32.2. The molecule has 0 aliphatic heterocycles. The summed E-state index contributed by atoms with van der Waals surface area (Å²) in [5, 5.41) is 0. The van der Waals surface area contributed by atoms with E-state index in [1.807, 2.05) is 12.1 Å². The molecule has 0 unspecified atom stereocenters. The van der Waals surface area contributed by atoms with E-state index in [9.17, 15) is 8.42 Å². The van der Waals surface area contributed by atoms with Crippen LogP contribution in [0.3, 0.4) is 0 Å². The number of benzene rings is 1. The second kappa shape index (κ2) is 5.50. The van der Waals surface area contributed by atoms with Gasteiger partial charge in [0.1, 0.15) is 0 Å². The second-order valence-corrected chi connectivity index (χ2v) is 6.05. The number of rotatable bonds is 4. The molecule has 0 saturated carbocycles. The molecule has 1 N–H and O–H groups in total. The Kier molecular flexibility index (Phi) is 3.97. The second-order valence-electron chi connectivity index (χ2n) is 4.36. The van der Waals surface area contributed by atoms with E-state index < -0.39 is 10.0 Å². The Hall–Kier alpha value is -1.72. The molecular weight excluding hydrogens is 260 g/mol. The van der Waals surface area contributed by atoms with E-state index in [2.05, 4.69) is 9.71 Å². The van der Waals surface area contributed by atoms with Gasteiger partial charge in [0.2, 0.25) is 10.0 Å². The molecule has 1 aromatic carbocycles. The number of nitrogens with one attached hydrogen (secondary N) is 1. The van der Waals surface area contributed by atoms with Crippen LogP contribution in [0.15, 0.2) is 53.6 Å². The summed E-state index contributed by atoms with van der Waals surface area (Å²) < 4.78 is 27.2. The molecule has 0 aliphatic rings. The summed E-state index contributed by atoms with van der Waals surface area (Å²) in [6.45, 7) is 3.55. The minimum absolute atomic E-state index is 0.304. The molecule has 5 heteroatoms. The molecule has 1 heterocycles. The van der Waals surface area contributed by atoms with E-state index in [1.54, 1.807) is 50.4 Å². The quantitative estimate of drug-likeness (QED) is 0.933. The van der Waals surface area contributed by atoms with Crippen LogP contribution in [0.5, 0.6) is 0 Å². The Bertz CT molecular complexity index is 654. The maximum atomic E-state index is 12.3. The van der Waals surface area contributed by atoms with Gasteiger partial charge in [0.15, 0.2) is 0 Å². The third-order valence-corrected chi connectivity index (χ3v) is 4.55. The van der Waals surface area contributed by atoms with Gasteiger partial charge in [-0.05, 0) is 37.6 Å². The van der Waals surface area contributed by atoms with Crippen molar-refractivity contribution in [3.63, 3.8) is 0 Å². The van der Waals surface area contributed by atoms with E-state index in [4.69, 9.17) is 0 Å². The summed E-state index contributed by atoms with van der Waals surface area (Å²) in [4.78, 5) is 4.46. The maximum Gasteiger partial charge on any atom is 0.241 e. The predicted molar refractivity (Wildman–Crippen MR) is 74.2 cm³/mol. The van der Waals surface area contributed by atoms with Gasteiger partial charge in [-0.1, -0.05) is 24.3 Å². The van der Waals surface area contributed by atoms with Gasteiger partial charge in [-0.25, -0.2) is 13.1 Å². The molecule has 2 aromatic rings. The molecule has 0 spiro atoms. The van der Waals surface area contributed by atoms with Gasteiger partial charge in [-0.15, -0.1) is 0 Å². The first-order valence-electron chi connectivity index (χ1n) is 5.99. The largest absolute Gasteiger partial charge is 0.260 e. The van der Waals surface area contributed by atoms with Crippen molar-refractivity contribution >= 4 is 10.0 Å². The first kappa shape index (κ1) is 13.7. The Labute approximate surface area is 113 Å². The highest BCUT2D eigenvalue weighted by Gasteiger charge is 2.20. The molecule has 0 saturated heterocycles. The number of aryl methyl sites for hydroxylation is 1. The predicted octanol–water partition coefficient (Wildman–Crippen LogP) is 2.43. The molecule has 0 radical (unpaired) electrons. The molecule has 0 fully saturated rings. The van der Waals surface area contributed by atoms with Gasteiger partial charge < -0.3 is 0 Å². The lowest BCUT2D eigenvalue weighted by Crippen LogP contribution is -2.27. The molecule has 1 aromatic heterocycles. The van der Waals surface area contributed by atoms with Crippen LogP contribution < -0.4 is 4.72 Å². The fourth-order valence-electron chi connectivity index (χ4n) is 1.85. The summed E-state index contributed by atoms with van der Waals surface area (Å²) >= 11 is 0. The van der Waals surface area contributed by atoms with Crippen molar-refractivity contribution in [2.75, 3.05) is 0 Å². The normalized spacial score (nSPS) is 13.2. The zero-order valence-corrected chi connectivity index (χ0v) is 11.7. The summed E-state index contributed by atoms with van der Waals surface area (Å²) in [6.07, 6.45) is 1.65. The average molecular weight is 276 g/mol. The summed E-state index contributed by atoms with van der Waals surface area (Å²) in [7, 11) is -3.53. The highest BCUT2D eigenvalue weighted by Crippen LogP contribution is 2.17. The van der Waals surface area contributed by atoms with Crippen LogP contribution in [0, 0.1) is 6.92 Å². The maximum absolute atomic E-state index is 12.3. The summed E-state index contributed by atoms with van der Waals surface area (Å²) in [5.41, 5.74) is 1.42. The first-order valence-corrected chi connectivity index (χ1v) is 7.48. The van der Waals surface area contributed by atoms with Crippen LogP contribution in [-0.2, 0) is 10.0 Å². The monoisotopic (exact) mass is 276 g/mol. The molecule has 1 atom stereocenters. The van der Waals surface area contributed by atoms with Gasteiger partial charge in [-0.2, -0.15) is 0 Å². The van der Waals surface area contributed by atoms with Gasteiger partial charge >= 0.3 is 0 Å². The van der Waals surface area contributed by atoms with Gasteiger partial charge in [-0.3, -0.25) is 4.98 Å². The fraction of sp³-hybridized carbons (Fsp3) is 0.214. The standard InChI is InChI=1S/C14H16N2O2S/c1-11-7-3-4-9-14(11)19(17,18)16-12(2)13-8-5-6-10-15-13/h3-10,12,16H,1-2H3/t12-/m0/s1. The molecule has 2 rings (SSSR count). The van der Waals surface area contributed by atoms with Crippen molar-refractivity contribution in [2.45, 2.75) is 24.8 Å². The third kappa shape index (κ3) is 3.19. The Balaban J connectivity index is 2.26. The number of hydrogen-bond donors (Lipinski definition) is 1. The number of pyridine rings is 1. The van der Waals surface area contributed by atoms with Gasteiger partial charge in [0.25, 0.3) is 0 Å². The van der Waals surface area contributed by atoms with Crippen molar-refractivity contribution in [3.05, 3.63) is 59.9 Å². The van der Waals surface area contributed by atoms with Crippen LogP contribution >= 0.6 is 0 Å². The lowest BCUT2D eigenvalue weighted by Gasteiger charge is -2.14. The first-order chi connectivity index (χ1) is 9.00. The van der Waals surface area contributed by atoms with Crippen LogP contribution in [0.4, 0.5) is 0 Å². The molecule has 0 bridgehead atoms. The summed E-state index contributed by atoms with van der Waals surface area (Å²) in [5.74, 6) is 0. The van der Waals surface area contributed by atoms with Crippen molar-refractivity contribution in [1.29, 1.82) is 0 Å². The van der Waals surface area contributed by atoms with Gasteiger partial charge in [0.05, 0.1) is 16.6 Å². The van der Waals surface area contributed by atoms with Crippen LogP contribution in [-0.4, -0.2) is 13.4 Å². The zero-order valence-electron chi connectivity index (χ0n) is 10.9. The molecule has 4 nitrogen and oxygen atoms in total. The average Bonchev–Trinajstić information content (AvgIpc) is 2.39. The smallest absolute Gasteiger partial charge is 0.241 e. The van der Waals surface area contributed by atoms with E-state index in [0.29, 0.717) is 10.6 Å². The molecule has 0 amide bonds. The Morgan fingerprint density at radius 3 is 2.42 bits per heavy atom. The van der Waals surface area contributed by atoms with Crippen LogP contribution in [0.2, 0.25) is 0 Å². The number of nitrogens with zero attached hydrogens (tertiary/aromatic N) is 1. The third-order valence-electron chi connectivity index (χ3n) is 2.85. The number of sulfonamides is 1. The molecule has 100 valence electrons. The minimum atomic E-state index is -3.53. The zero-order chi connectivity index (χ0) is 13.9. The number of hydrogen-bond acceptors (Lipinski definition) is 3. The van der Waals surface area contributed by atoms with E-state index in [-0.39, 0.29) is 6.04 Å². The lowest BCUT2D eigenvalue weighted by molar-refractivity contribution is 0.563. The molecular formula is C14H16N2O2S. The van der Waals surface area contributed by atoms with Gasteiger partial charge in [0, 0.05) is 6.20 Å². The Morgan fingerprint density at radius 2 is 1.79 bits per heavy atom. The molecule has 0 aliphatic carbocycles. The number of aromatic nitrogens is 1. The lowest BCUT2D eigenvalue weighted by atomic mass is 10.2. The Morgan fingerprint density at radius 1 is 1.11 bits per heavy atom. The van der Waals surface area contributed by atoms with E-state index in [1.165, 1.54) is 0 Å². The minimum Gasteiger partial charge on any atom is -0.260 e. The fourth-order valence-corrected chi connectivity index (χ4v) is 3.31. The molecule has 19 heavy (non-hydrogen) atoms. The van der Waals surface area contributed by atoms with Crippen molar-refractivity contribution < 1.29 is 8.42 Å². The van der Waals surface area contributed by atoms with Crippen molar-refractivity contribution in [1.82, 2.24) is 9.71 Å². The summed E-state index contributed by atoms with van der Waals surface area (Å²) in [6, 6.07) is 12.0.